The Bertz CT molecular complexity index is 1930. The first-order valence-electron chi connectivity index (χ1n) is 13.1. The predicted molar refractivity (Wildman–Crippen MR) is 163 cm³/mol. The molecule has 204 valence electrons. The van der Waals surface area contributed by atoms with E-state index in [2.05, 4.69) is 36.9 Å². The van der Waals surface area contributed by atoms with Crippen molar-refractivity contribution in [3.8, 4) is 17.2 Å². The Morgan fingerprint density at radius 1 is 1.18 bits per heavy atom. The Morgan fingerprint density at radius 3 is 2.73 bits per heavy atom. The maximum absolute atomic E-state index is 12.9. The van der Waals surface area contributed by atoms with Gasteiger partial charge in [-0.2, -0.15) is 5.26 Å². The normalized spacial score (nSPS) is 15.1. The van der Waals surface area contributed by atoms with Gasteiger partial charge in [0.25, 0.3) is 5.56 Å². The Morgan fingerprint density at radius 2 is 1.98 bits per heavy atom. The van der Waals surface area contributed by atoms with E-state index < -0.39 is 5.41 Å². The summed E-state index contributed by atoms with van der Waals surface area (Å²) in [4.78, 5) is 31.2. The number of fused-ring (bicyclic) bond motifs is 2. The number of piperidine rings is 1. The molecular weight excluding hydrogens is 612 g/mol. The topological polar surface area (TPSA) is 97.6 Å². The van der Waals surface area contributed by atoms with Crippen LogP contribution in [-0.4, -0.2) is 31.8 Å². The number of nitrogens with one attached hydrogen (secondary N) is 1. The number of halogens is 2. The van der Waals surface area contributed by atoms with Crippen LogP contribution in [0.15, 0.2) is 63.0 Å². The van der Waals surface area contributed by atoms with E-state index in [0.29, 0.717) is 22.6 Å². The molecule has 0 atom stereocenters. The van der Waals surface area contributed by atoms with E-state index in [9.17, 15) is 14.9 Å². The highest BCUT2D eigenvalue weighted by atomic mass is 79.9. The molecule has 0 aliphatic carbocycles. The second-order valence-electron chi connectivity index (χ2n) is 10.2. The number of pyridine rings is 1. The minimum Gasteiger partial charge on any atom is -0.345 e. The first kappa shape index (κ1) is 27.0. The van der Waals surface area contributed by atoms with Crippen LogP contribution in [0.2, 0.25) is 5.02 Å². The van der Waals surface area contributed by atoms with Crippen molar-refractivity contribution in [2.45, 2.75) is 39.4 Å². The molecule has 0 saturated carbocycles. The second kappa shape index (κ2) is 10.6. The lowest BCUT2D eigenvalue weighted by molar-refractivity contribution is 0.247. The molecule has 6 rings (SSSR count). The van der Waals surface area contributed by atoms with E-state index in [0.717, 1.165) is 63.1 Å². The van der Waals surface area contributed by atoms with Crippen LogP contribution in [0.3, 0.4) is 0 Å². The number of benzene rings is 1. The van der Waals surface area contributed by atoms with E-state index in [4.69, 9.17) is 11.6 Å². The molecule has 5 heterocycles. The summed E-state index contributed by atoms with van der Waals surface area (Å²) in [5, 5.41) is 15.1. The Kier molecular flexibility index (Phi) is 7.17. The van der Waals surface area contributed by atoms with Gasteiger partial charge in [-0.15, -0.1) is 11.3 Å². The minimum atomic E-state index is -0.430. The minimum absolute atomic E-state index is 0.150. The molecule has 4 aromatic heterocycles. The van der Waals surface area contributed by atoms with Gasteiger partial charge in [-0.25, -0.2) is 4.79 Å². The summed E-state index contributed by atoms with van der Waals surface area (Å²) in [7, 11) is 0. The monoisotopic (exact) mass is 636 g/mol. The van der Waals surface area contributed by atoms with Crippen molar-refractivity contribution in [1.29, 1.82) is 5.26 Å². The van der Waals surface area contributed by atoms with Gasteiger partial charge in [0, 0.05) is 58.1 Å². The molecule has 0 amide bonds. The quantitative estimate of drug-likeness (QED) is 0.261. The van der Waals surface area contributed by atoms with Gasteiger partial charge in [-0.3, -0.25) is 18.9 Å². The number of aryl methyl sites for hydroxylation is 1. The predicted octanol–water partition coefficient (Wildman–Crippen LogP) is 5.62. The van der Waals surface area contributed by atoms with Crippen LogP contribution in [0, 0.1) is 16.7 Å². The van der Waals surface area contributed by atoms with E-state index in [-0.39, 0.29) is 17.8 Å². The van der Waals surface area contributed by atoms with Gasteiger partial charge in [0.05, 0.1) is 38.2 Å². The molecule has 0 spiro atoms. The first-order chi connectivity index (χ1) is 19.3. The third-order valence-electron chi connectivity index (χ3n) is 7.70. The lowest BCUT2D eigenvalue weighted by atomic mass is 9.80. The highest BCUT2D eigenvalue weighted by Crippen LogP contribution is 2.40. The van der Waals surface area contributed by atoms with Crippen LogP contribution < -0.4 is 16.6 Å². The lowest BCUT2D eigenvalue weighted by Gasteiger charge is -2.32. The van der Waals surface area contributed by atoms with Crippen LogP contribution in [-0.2, 0) is 19.6 Å². The van der Waals surface area contributed by atoms with Crippen molar-refractivity contribution in [1.82, 2.24) is 24.0 Å². The summed E-state index contributed by atoms with van der Waals surface area (Å²) in [6, 6.07) is 12.5. The number of nitriles is 1. The largest absolute Gasteiger partial charge is 0.345 e. The lowest BCUT2D eigenvalue weighted by Crippen LogP contribution is -2.39. The van der Waals surface area contributed by atoms with Crippen molar-refractivity contribution < 1.29 is 0 Å². The van der Waals surface area contributed by atoms with Gasteiger partial charge < -0.3 is 9.88 Å². The number of thiophene rings is 1. The highest BCUT2D eigenvalue weighted by Gasteiger charge is 2.33. The summed E-state index contributed by atoms with van der Waals surface area (Å²) in [5.41, 5.74) is 2.60. The van der Waals surface area contributed by atoms with Crippen molar-refractivity contribution in [2.24, 2.45) is 5.41 Å². The van der Waals surface area contributed by atoms with Crippen molar-refractivity contribution in [3.05, 3.63) is 84.1 Å². The fraction of sp³-hybridized carbons (Fsp3) is 0.310. The summed E-state index contributed by atoms with van der Waals surface area (Å²) in [6.07, 6.45) is 6.95. The third-order valence-corrected chi connectivity index (χ3v) is 9.60. The number of hydrogen-bond donors (Lipinski definition) is 1. The second-order valence-corrected chi connectivity index (χ2v) is 12.6. The van der Waals surface area contributed by atoms with Gasteiger partial charge >= 0.3 is 5.69 Å². The molecule has 1 saturated heterocycles. The summed E-state index contributed by atoms with van der Waals surface area (Å²) in [5.74, 6) is 0. The zero-order valence-corrected chi connectivity index (χ0v) is 24.9. The van der Waals surface area contributed by atoms with Crippen molar-refractivity contribution in [2.75, 3.05) is 13.1 Å². The molecule has 1 aromatic carbocycles. The van der Waals surface area contributed by atoms with E-state index in [1.807, 2.05) is 43.5 Å². The smallest absolute Gasteiger partial charge is 0.331 e. The number of hydrogen-bond acceptors (Lipinski definition) is 6. The Labute approximate surface area is 247 Å². The number of aromatic nitrogens is 4. The standard InChI is InChI=1S/C29H26BrClN6O2S/c1-2-35-15-23(30)27(38)37(28(35)39)14-20-13-24-26(40-20)21(3-7-34-24)22-12-19(31)11-18-4-10-36(25(18)22)17-29(16-32)5-8-33-9-6-29/h3-4,7,10-13,15,33H,2,5-6,8-9,14,17H2,1H3. The average molecular weight is 638 g/mol. The maximum atomic E-state index is 12.9. The SMILES string of the molecule is CCn1cc(Br)c(=O)n(Cc2cc3nccc(-c4cc(Cl)cc5ccn(CC6(C#N)CCNCC6)c45)c3s2)c1=O. The molecule has 11 heteroatoms. The Hall–Kier alpha value is -3.23. The van der Waals surface area contributed by atoms with Crippen LogP contribution in [0.5, 0.6) is 0 Å². The fourth-order valence-electron chi connectivity index (χ4n) is 5.60. The number of nitrogens with zero attached hydrogens (tertiary/aromatic N) is 5. The molecular formula is C29H26BrClN6O2S. The number of rotatable bonds is 6. The molecule has 0 unspecified atom stereocenters. The van der Waals surface area contributed by atoms with Gasteiger partial charge in [0.2, 0.25) is 0 Å². The molecule has 0 bridgehead atoms. The Balaban J connectivity index is 1.48. The molecule has 8 nitrogen and oxygen atoms in total. The van der Waals surface area contributed by atoms with Gasteiger partial charge in [0.1, 0.15) is 0 Å². The third kappa shape index (κ3) is 4.71. The molecule has 1 aliphatic rings. The van der Waals surface area contributed by atoms with E-state index >= 15 is 0 Å². The van der Waals surface area contributed by atoms with Gasteiger partial charge in [-0.1, -0.05) is 11.6 Å². The van der Waals surface area contributed by atoms with Gasteiger partial charge in [-0.05, 0) is 79.1 Å². The molecule has 0 radical (unpaired) electrons. The van der Waals surface area contributed by atoms with Crippen LogP contribution >= 0.6 is 38.9 Å². The van der Waals surface area contributed by atoms with Crippen LogP contribution in [0.4, 0.5) is 0 Å². The summed E-state index contributed by atoms with van der Waals surface area (Å²) < 4.78 is 6.24. The first-order valence-corrected chi connectivity index (χ1v) is 15.1. The zero-order valence-electron chi connectivity index (χ0n) is 21.8. The zero-order chi connectivity index (χ0) is 28.0. The van der Waals surface area contributed by atoms with E-state index in [1.54, 1.807) is 6.20 Å². The molecule has 40 heavy (non-hydrogen) atoms. The summed E-state index contributed by atoms with van der Waals surface area (Å²) in [6.45, 7) is 4.74. The molecule has 1 aliphatic heterocycles. The van der Waals surface area contributed by atoms with Crippen LogP contribution in [0.1, 0.15) is 24.6 Å². The summed E-state index contributed by atoms with van der Waals surface area (Å²) >= 11 is 11.4. The highest BCUT2D eigenvalue weighted by molar-refractivity contribution is 9.10. The average Bonchev–Trinajstić information content (AvgIpc) is 3.56. The van der Waals surface area contributed by atoms with Crippen LogP contribution in [0.25, 0.3) is 32.2 Å². The van der Waals surface area contributed by atoms with Gasteiger partial charge in [0.15, 0.2) is 0 Å². The van der Waals surface area contributed by atoms with E-state index in [1.165, 1.54) is 26.7 Å². The fourth-order valence-corrected chi connectivity index (χ4v) is 7.42. The van der Waals surface area contributed by atoms with Crippen molar-refractivity contribution >= 4 is 60.0 Å². The maximum Gasteiger partial charge on any atom is 0.331 e. The molecule has 5 aromatic rings. The van der Waals surface area contributed by atoms with Crippen molar-refractivity contribution in [3.63, 3.8) is 0 Å². The molecule has 1 N–H and O–H groups in total. The molecule has 1 fully saturated rings.